The van der Waals surface area contributed by atoms with Gasteiger partial charge in [-0.15, -0.1) is 0 Å². The third-order valence-electron chi connectivity index (χ3n) is 3.15. The molecule has 0 aromatic carbocycles. The second kappa shape index (κ2) is 3.83. The van der Waals surface area contributed by atoms with Gasteiger partial charge in [0, 0.05) is 11.8 Å². The Hall–Kier alpha value is -0.660. The number of hydrogen-bond acceptors (Lipinski definition) is 2. The van der Waals surface area contributed by atoms with Crippen LogP contribution < -0.4 is 0 Å². The second-order valence-corrected chi connectivity index (χ2v) is 3.93. The van der Waals surface area contributed by atoms with E-state index in [0.717, 1.165) is 25.4 Å². The lowest BCUT2D eigenvalue weighted by Gasteiger charge is -2.19. The predicted molar refractivity (Wildman–Crippen MR) is 46.7 cm³/mol. The third kappa shape index (κ3) is 1.57. The SMILES string of the molecule is CC(C=O)C1CC[C@@H](C)C1C=O. The van der Waals surface area contributed by atoms with Gasteiger partial charge in [-0.1, -0.05) is 13.8 Å². The van der Waals surface area contributed by atoms with E-state index in [9.17, 15) is 9.59 Å². The minimum Gasteiger partial charge on any atom is -0.303 e. The van der Waals surface area contributed by atoms with Crippen LogP contribution in [-0.4, -0.2) is 12.6 Å². The molecule has 0 aliphatic heterocycles. The largest absolute Gasteiger partial charge is 0.303 e. The van der Waals surface area contributed by atoms with Crippen LogP contribution in [-0.2, 0) is 9.59 Å². The molecule has 0 saturated heterocycles. The number of hydrogen-bond donors (Lipinski definition) is 0. The van der Waals surface area contributed by atoms with Gasteiger partial charge in [-0.25, -0.2) is 0 Å². The molecule has 0 spiro atoms. The molecule has 68 valence electrons. The lowest BCUT2D eigenvalue weighted by Crippen LogP contribution is -2.21. The van der Waals surface area contributed by atoms with E-state index in [-0.39, 0.29) is 11.8 Å². The van der Waals surface area contributed by atoms with Gasteiger partial charge < -0.3 is 9.59 Å². The summed E-state index contributed by atoms with van der Waals surface area (Å²) in [5.41, 5.74) is 0. The van der Waals surface area contributed by atoms with Crippen LogP contribution in [0.1, 0.15) is 26.7 Å². The maximum absolute atomic E-state index is 10.7. The molecule has 1 aliphatic carbocycles. The summed E-state index contributed by atoms with van der Waals surface area (Å²) in [5.74, 6) is 0.931. The van der Waals surface area contributed by atoms with Crippen LogP contribution >= 0.6 is 0 Å². The number of carbonyl (C=O) groups excluding carboxylic acids is 2. The Balaban J connectivity index is 2.65. The minimum atomic E-state index is 0.0464. The van der Waals surface area contributed by atoms with Crippen molar-refractivity contribution in [3.8, 4) is 0 Å². The first-order chi connectivity index (χ1) is 5.70. The van der Waals surface area contributed by atoms with Crippen molar-refractivity contribution in [2.45, 2.75) is 26.7 Å². The summed E-state index contributed by atoms with van der Waals surface area (Å²) in [6, 6.07) is 0. The molecule has 2 nitrogen and oxygen atoms in total. The van der Waals surface area contributed by atoms with Crippen LogP contribution in [0.3, 0.4) is 0 Å². The molecule has 1 fully saturated rings. The van der Waals surface area contributed by atoms with Gasteiger partial charge in [0.2, 0.25) is 0 Å². The van der Waals surface area contributed by atoms with Crippen molar-refractivity contribution in [3.63, 3.8) is 0 Å². The molecule has 0 aromatic heterocycles. The maximum Gasteiger partial charge on any atom is 0.123 e. The Morgan fingerprint density at radius 1 is 1.33 bits per heavy atom. The maximum atomic E-state index is 10.7. The third-order valence-corrected chi connectivity index (χ3v) is 3.15. The zero-order valence-electron chi connectivity index (χ0n) is 7.69. The summed E-state index contributed by atoms with van der Waals surface area (Å²) < 4.78 is 0. The van der Waals surface area contributed by atoms with Gasteiger partial charge in [0.15, 0.2) is 0 Å². The summed E-state index contributed by atoms with van der Waals surface area (Å²) in [6.07, 6.45) is 4.12. The van der Waals surface area contributed by atoms with Crippen LogP contribution in [0.4, 0.5) is 0 Å². The fraction of sp³-hybridized carbons (Fsp3) is 0.800. The van der Waals surface area contributed by atoms with E-state index in [4.69, 9.17) is 0 Å². The van der Waals surface area contributed by atoms with E-state index in [1.807, 2.05) is 6.92 Å². The van der Waals surface area contributed by atoms with Crippen LogP contribution in [0.15, 0.2) is 0 Å². The molecular weight excluding hydrogens is 152 g/mol. The summed E-state index contributed by atoms with van der Waals surface area (Å²) >= 11 is 0. The molecule has 0 heterocycles. The Morgan fingerprint density at radius 2 is 2.00 bits per heavy atom. The molecule has 0 aromatic rings. The van der Waals surface area contributed by atoms with Crippen molar-refractivity contribution < 1.29 is 9.59 Å². The van der Waals surface area contributed by atoms with Crippen LogP contribution in [0.25, 0.3) is 0 Å². The fourth-order valence-corrected chi connectivity index (χ4v) is 2.21. The van der Waals surface area contributed by atoms with E-state index < -0.39 is 0 Å². The summed E-state index contributed by atoms with van der Waals surface area (Å²) in [5, 5.41) is 0. The molecule has 1 saturated carbocycles. The van der Waals surface area contributed by atoms with E-state index in [0.29, 0.717) is 11.8 Å². The normalized spacial score (nSPS) is 37.7. The molecule has 12 heavy (non-hydrogen) atoms. The quantitative estimate of drug-likeness (QED) is 0.601. The number of rotatable bonds is 3. The average Bonchev–Trinajstić information content (AvgIpc) is 2.45. The molecule has 3 unspecified atom stereocenters. The van der Waals surface area contributed by atoms with Crippen molar-refractivity contribution in [1.82, 2.24) is 0 Å². The summed E-state index contributed by atoms with van der Waals surface area (Å²) in [4.78, 5) is 21.3. The van der Waals surface area contributed by atoms with Crippen molar-refractivity contribution in [2.24, 2.45) is 23.7 Å². The van der Waals surface area contributed by atoms with Crippen LogP contribution in [0, 0.1) is 23.7 Å². The Labute approximate surface area is 73.3 Å². The van der Waals surface area contributed by atoms with E-state index >= 15 is 0 Å². The monoisotopic (exact) mass is 168 g/mol. The van der Waals surface area contributed by atoms with Gasteiger partial charge in [0.05, 0.1) is 0 Å². The first-order valence-corrected chi connectivity index (χ1v) is 4.61. The molecule has 0 bridgehead atoms. The van der Waals surface area contributed by atoms with E-state index in [1.54, 1.807) is 0 Å². The van der Waals surface area contributed by atoms with E-state index in [2.05, 4.69) is 6.92 Å². The lowest BCUT2D eigenvalue weighted by atomic mass is 9.84. The Kier molecular flexibility index (Phi) is 3.01. The van der Waals surface area contributed by atoms with Gasteiger partial charge in [-0.2, -0.15) is 0 Å². The summed E-state index contributed by atoms with van der Waals surface area (Å²) in [6.45, 7) is 4.00. The molecule has 2 heteroatoms. The summed E-state index contributed by atoms with van der Waals surface area (Å²) in [7, 11) is 0. The van der Waals surface area contributed by atoms with Gasteiger partial charge in [-0.05, 0) is 24.7 Å². The second-order valence-electron chi connectivity index (χ2n) is 3.93. The van der Waals surface area contributed by atoms with E-state index in [1.165, 1.54) is 0 Å². The van der Waals surface area contributed by atoms with Crippen molar-refractivity contribution >= 4 is 12.6 Å². The average molecular weight is 168 g/mol. The molecule has 1 aliphatic rings. The highest BCUT2D eigenvalue weighted by Gasteiger charge is 2.35. The van der Waals surface area contributed by atoms with Crippen molar-refractivity contribution in [3.05, 3.63) is 0 Å². The lowest BCUT2D eigenvalue weighted by molar-refractivity contribution is -0.116. The number of aldehydes is 2. The van der Waals surface area contributed by atoms with Crippen LogP contribution in [0.5, 0.6) is 0 Å². The highest BCUT2D eigenvalue weighted by molar-refractivity contribution is 5.59. The zero-order valence-corrected chi connectivity index (χ0v) is 7.69. The fourth-order valence-electron chi connectivity index (χ4n) is 2.21. The highest BCUT2D eigenvalue weighted by Crippen LogP contribution is 2.39. The standard InChI is InChI=1S/C10H16O2/c1-7-3-4-9(8(2)5-11)10(7)6-12/h5-10H,3-4H2,1-2H3/t7-,8?,9?,10?/m1/s1. The molecule has 0 N–H and O–H groups in total. The Morgan fingerprint density at radius 3 is 2.50 bits per heavy atom. The first kappa shape index (κ1) is 9.43. The predicted octanol–water partition coefficient (Wildman–Crippen LogP) is 1.68. The van der Waals surface area contributed by atoms with Crippen LogP contribution in [0.2, 0.25) is 0 Å². The van der Waals surface area contributed by atoms with Crippen molar-refractivity contribution in [1.29, 1.82) is 0 Å². The minimum absolute atomic E-state index is 0.0464. The first-order valence-electron chi connectivity index (χ1n) is 4.61. The molecule has 4 atom stereocenters. The zero-order chi connectivity index (χ0) is 9.14. The molecule has 0 amide bonds. The molecule has 1 rings (SSSR count). The smallest absolute Gasteiger partial charge is 0.123 e. The number of carbonyl (C=O) groups is 2. The molecular formula is C10H16O2. The van der Waals surface area contributed by atoms with Gasteiger partial charge in [0.1, 0.15) is 12.6 Å². The van der Waals surface area contributed by atoms with Gasteiger partial charge >= 0.3 is 0 Å². The Bertz CT molecular complexity index is 177. The van der Waals surface area contributed by atoms with Crippen molar-refractivity contribution in [2.75, 3.05) is 0 Å². The molecule has 0 radical (unpaired) electrons. The highest BCUT2D eigenvalue weighted by atomic mass is 16.1. The topological polar surface area (TPSA) is 34.1 Å². The van der Waals surface area contributed by atoms with Gasteiger partial charge in [-0.3, -0.25) is 0 Å². The van der Waals surface area contributed by atoms with Gasteiger partial charge in [0.25, 0.3) is 0 Å².